The molecule has 2 N–H and O–H groups in total. The molecule has 0 spiro atoms. The van der Waals surface area contributed by atoms with Gasteiger partial charge in [0.05, 0.1) is 0 Å². The summed E-state index contributed by atoms with van der Waals surface area (Å²) in [5.74, 6) is -0.600. The van der Waals surface area contributed by atoms with Gasteiger partial charge >= 0.3 is 6.09 Å². The molecule has 1 fully saturated rings. The van der Waals surface area contributed by atoms with Gasteiger partial charge in [-0.15, -0.1) is 0 Å². The van der Waals surface area contributed by atoms with Crippen molar-refractivity contribution in [2.24, 2.45) is 0 Å². The Morgan fingerprint density at radius 3 is 2.45 bits per heavy atom. The molecular formula is C21H30FN3O4. The summed E-state index contributed by atoms with van der Waals surface area (Å²) in [6.45, 7) is 6.16. The Morgan fingerprint density at radius 1 is 1.17 bits per heavy atom. The van der Waals surface area contributed by atoms with Crippen LogP contribution in [0.2, 0.25) is 0 Å². The van der Waals surface area contributed by atoms with Crippen LogP contribution in [0.15, 0.2) is 24.3 Å². The molecule has 1 aromatic carbocycles. The molecule has 7 nitrogen and oxygen atoms in total. The SMILES string of the molecule is CC(C)(C)OC(=O)NCC(=O)N1CCC(NC(=O)CCc2ccccc2F)CC1. The second-order valence-corrected chi connectivity index (χ2v) is 8.17. The summed E-state index contributed by atoms with van der Waals surface area (Å²) < 4.78 is 18.7. The van der Waals surface area contributed by atoms with Crippen LogP contribution in [0.1, 0.15) is 45.6 Å². The number of benzene rings is 1. The van der Waals surface area contributed by atoms with Crippen LogP contribution in [0.3, 0.4) is 0 Å². The average molecular weight is 407 g/mol. The zero-order chi connectivity index (χ0) is 21.4. The lowest BCUT2D eigenvalue weighted by molar-refractivity contribution is -0.131. The van der Waals surface area contributed by atoms with Crippen molar-refractivity contribution in [1.82, 2.24) is 15.5 Å². The number of nitrogens with zero attached hydrogens (tertiary/aromatic N) is 1. The lowest BCUT2D eigenvalue weighted by Crippen LogP contribution is -2.49. The van der Waals surface area contributed by atoms with Crippen LogP contribution in [0.4, 0.5) is 9.18 Å². The normalized spacial score (nSPS) is 15.0. The number of hydrogen-bond donors (Lipinski definition) is 2. The summed E-state index contributed by atoms with van der Waals surface area (Å²) in [5, 5.41) is 5.42. The lowest BCUT2D eigenvalue weighted by atomic mass is 10.0. The van der Waals surface area contributed by atoms with Crippen molar-refractivity contribution in [2.75, 3.05) is 19.6 Å². The molecule has 2 rings (SSSR count). The van der Waals surface area contributed by atoms with E-state index in [0.29, 0.717) is 37.9 Å². The maximum absolute atomic E-state index is 13.6. The van der Waals surface area contributed by atoms with Crippen molar-refractivity contribution in [3.8, 4) is 0 Å². The Hall–Kier alpha value is -2.64. The number of carbonyl (C=O) groups is 3. The molecule has 160 valence electrons. The van der Waals surface area contributed by atoms with E-state index in [1.807, 2.05) is 0 Å². The fourth-order valence-electron chi connectivity index (χ4n) is 3.10. The molecule has 0 unspecified atom stereocenters. The predicted octanol–water partition coefficient (Wildman–Crippen LogP) is 2.39. The van der Waals surface area contributed by atoms with Gasteiger partial charge in [0.15, 0.2) is 0 Å². The molecule has 0 aromatic heterocycles. The van der Waals surface area contributed by atoms with Gasteiger partial charge in [0.25, 0.3) is 0 Å². The highest BCUT2D eigenvalue weighted by Gasteiger charge is 2.24. The molecule has 0 atom stereocenters. The Bertz CT molecular complexity index is 725. The maximum Gasteiger partial charge on any atom is 0.408 e. The van der Waals surface area contributed by atoms with Gasteiger partial charge in [-0.05, 0) is 51.7 Å². The molecule has 1 aromatic rings. The van der Waals surface area contributed by atoms with Gasteiger partial charge in [0, 0.05) is 25.6 Å². The van der Waals surface area contributed by atoms with E-state index in [4.69, 9.17) is 4.74 Å². The molecule has 0 bridgehead atoms. The number of aryl methyl sites for hydroxylation is 1. The van der Waals surface area contributed by atoms with Crippen LogP contribution in [0.5, 0.6) is 0 Å². The van der Waals surface area contributed by atoms with Gasteiger partial charge in [-0.3, -0.25) is 9.59 Å². The largest absolute Gasteiger partial charge is 0.444 e. The van der Waals surface area contributed by atoms with Gasteiger partial charge in [-0.1, -0.05) is 18.2 Å². The lowest BCUT2D eigenvalue weighted by Gasteiger charge is -2.32. The Morgan fingerprint density at radius 2 is 1.83 bits per heavy atom. The fourth-order valence-corrected chi connectivity index (χ4v) is 3.10. The van der Waals surface area contributed by atoms with Gasteiger partial charge < -0.3 is 20.3 Å². The predicted molar refractivity (Wildman–Crippen MR) is 107 cm³/mol. The van der Waals surface area contributed by atoms with Crippen LogP contribution in [-0.4, -0.2) is 54.1 Å². The first-order valence-electron chi connectivity index (χ1n) is 9.91. The summed E-state index contributed by atoms with van der Waals surface area (Å²) >= 11 is 0. The quantitative estimate of drug-likeness (QED) is 0.758. The summed E-state index contributed by atoms with van der Waals surface area (Å²) in [7, 11) is 0. The average Bonchev–Trinajstić information content (AvgIpc) is 2.65. The summed E-state index contributed by atoms with van der Waals surface area (Å²) in [6.07, 6.45) is 1.24. The third-order valence-corrected chi connectivity index (χ3v) is 4.57. The number of ether oxygens (including phenoxy) is 1. The number of hydrogen-bond acceptors (Lipinski definition) is 4. The molecule has 29 heavy (non-hydrogen) atoms. The van der Waals surface area contributed by atoms with Crippen LogP contribution in [0.25, 0.3) is 0 Å². The molecular weight excluding hydrogens is 377 g/mol. The standard InChI is InChI=1S/C21H30FN3O4/c1-21(2,3)29-20(28)23-14-19(27)25-12-10-16(11-13-25)24-18(26)9-8-15-6-4-5-7-17(15)22/h4-7,16H,8-14H2,1-3H3,(H,23,28)(H,24,26). The second kappa shape index (κ2) is 10.2. The van der Waals surface area contributed by atoms with E-state index in [1.54, 1.807) is 43.9 Å². The number of halogens is 1. The Balaban J connectivity index is 1.66. The smallest absolute Gasteiger partial charge is 0.408 e. The van der Waals surface area contributed by atoms with Crippen molar-refractivity contribution in [1.29, 1.82) is 0 Å². The zero-order valence-electron chi connectivity index (χ0n) is 17.3. The molecule has 1 aliphatic heterocycles. The van der Waals surface area contributed by atoms with Gasteiger partial charge in [0.2, 0.25) is 11.8 Å². The summed E-state index contributed by atoms with van der Waals surface area (Å²) in [4.78, 5) is 37.6. The molecule has 3 amide bonds. The highest BCUT2D eigenvalue weighted by atomic mass is 19.1. The number of alkyl carbamates (subject to hydrolysis) is 1. The second-order valence-electron chi connectivity index (χ2n) is 8.17. The van der Waals surface area contributed by atoms with E-state index in [0.717, 1.165) is 0 Å². The summed E-state index contributed by atoms with van der Waals surface area (Å²) in [6, 6.07) is 6.43. The third kappa shape index (κ3) is 8.09. The third-order valence-electron chi connectivity index (χ3n) is 4.57. The van der Waals surface area contributed by atoms with Crippen molar-refractivity contribution < 1.29 is 23.5 Å². The fraction of sp³-hybridized carbons (Fsp3) is 0.571. The number of piperidine rings is 1. The number of nitrogens with one attached hydrogen (secondary N) is 2. The highest BCUT2D eigenvalue weighted by Crippen LogP contribution is 2.12. The topological polar surface area (TPSA) is 87.7 Å². The van der Waals surface area contributed by atoms with Crippen LogP contribution in [0, 0.1) is 5.82 Å². The monoisotopic (exact) mass is 407 g/mol. The van der Waals surface area contributed by atoms with Gasteiger partial charge in [-0.25, -0.2) is 9.18 Å². The minimum atomic E-state index is -0.622. The van der Waals surface area contributed by atoms with E-state index in [-0.39, 0.29) is 36.6 Å². The minimum Gasteiger partial charge on any atom is -0.444 e. The van der Waals surface area contributed by atoms with Gasteiger partial charge in [0.1, 0.15) is 18.0 Å². The molecule has 1 aliphatic rings. The van der Waals surface area contributed by atoms with E-state index in [2.05, 4.69) is 10.6 Å². The van der Waals surface area contributed by atoms with Crippen molar-refractivity contribution in [2.45, 2.75) is 58.1 Å². The first-order chi connectivity index (χ1) is 13.6. The Kier molecular flexibility index (Phi) is 7.99. The van der Waals surface area contributed by atoms with Crippen LogP contribution < -0.4 is 10.6 Å². The first kappa shape index (κ1) is 22.6. The molecule has 0 radical (unpaired) electrons. The molecule has 8 heteroatoms. The van der Waals surface area contributed by atoms with Crippen molar-refractivity contribution in [3.63, 3.8) is 0 Å². The van der Waals surface area contributed by atoms with E-state index in [1.165, 1.54) is 6.07 Å². The number of likely N-dealkylation sites (tertiary alicyclic amines) is 1. The van der Waals surface area contributed by atoms with Crippen molar-refractivity contribution in [3.05, 3.63) is 35.6 Å². The minimum absolute atomic E-state index is 0.00835. The highest BCUT2D eigenvalue weighted by molar-refractivity contribution is 5.82. The van der Waals surface area contributed by atoms with E-state index < -0.39 is 11.7 Å². The molecule has 1 saturated heterocycles. The van der Waals surface area contributed by atoms with Crippen LogP contribution >= 0.6 is 0 Å². The number of carbonyl (C=O) groups excluding carboxylic acids is 3. The van der Waals surface area contributed by atoms with Crippen molar-refractivity contribution >= 4 is 17.9 Å². The van der Waals surface area contributed by atoms with Gasteiger partial charge in [-0.2, -0.15) is 0 Å². The summed E-state index contributed by atoms with van der Waals surface area (Å²) in [5.41, 5.74) is -0.0868. The molecule has 1 heterocycles. The van der Waals surface area contributed by atoms with Crippen LogP contribution in [-0.2, 0) is 20.7 Å². The Labute approximate surface area is 171 Å². The number of rotatable bonds is 6. The maximum atomic E-state index is 13.6. The zero-order valence-corrected chi connectivity index (χ0v) is 17.3. The molecule has 0 saturated carbocycles. The van der Waals surface area contributed by atoms with E-state index in [9.17, 15) is 18.8 Å². The first-order valence-corrected chi connectivity index (χ1v) is 9.91. The number of amides is 3. The van der Waals surface area contributed by atoms with E-state index >= 15 is 0 Å². The molecule has 0 aliphatic carbocycles.